The Kier molecular flexibility index (Phi) is 5.13. The number of aromatic nitrogens is 1. The Morgan fingerprint density at radius 3 is 2.42 bits per heavy atom. The number of nitrogens with one attached hydrogen (secondary N) is 1. The first-order valence-electron chi connectivity index (χ1n) is 8.41. The Hall–Kier alpha value is -2.61. The second-order valence-corrected chi connectivity index (χ2v) is 8.00. The lowest BCUT2D eigenvalue weighted by Crippen LogP contribution is -2.48. The van der Waals surface area contributed by atoms with Gasteiger partial charge in [0.25, 0.3) is 10.0 Å². The topological polar surface area (TPSA) is 82.6 Å². The van der Waals surface area contributed by atoms with Gasteiger partial charge in [0.1, 0.15) is 5.82 Å². The highest BCUT2D eigenvalue weighted by Crippen LogP contribution is 2.19. The number of amides is 1. The number of hydrogen-bond donors (Lipinski definition) is 1. The van der Waals surface area contributed by atoms with Crippen molar-refractivity contribution in [2.75, 3.05) is 35.8 Å². The molecule has 1 aromatic carbocycles. The molecule has 0 aliphatic carbocycles. The largest absolute Gasteiger partial charge is 0.353 e. The molecule has 1 aliphatic rings. The third-order valence-electron chi connectivity index (χ3n) is 4.35. The lowest BCUT2D eigenvalue weighted by molar-refractivity contribution is -0.129. The van der Waals surface area contributed by atoms with Crippen molar-refractivity contribution in [1.82, 2.24) is 9.88 Å². The molecule has 26 heavy (non-hydrogen) atoms. The van der Waals surface area contributed by atoms with E-state index in [1.807, 2.05) is 13.0 Å². The molecule has 2 heterocycles. The molecule has 7 nitrogen and oxygen atoms in total. The summed E-state index contributed by atoms with van der Waals surface area (Å²) in [4.78, 5) is 19.9. The predicted octanol–water partition coefficient (Wildman–Crippen LogP) is 1.86. The van der Waals surface area contributed by atoms with E-state index < -0.39 is 10.0 Å². The number of anilines is 2. The quantitative estimate of drug-likeness (QED) is 0.883. The fraction of sp³-hybridized carbons (Fsp3) is 0.333. The van der Waals surface area contributed by atoms with Gasteiger partial charge in [-0.1, -0.05) is 12.1 Å². The Morgan fingerprint density at radius 1 is 1.12 bits per heavy atom. The molecule has 1 fully saturated rings. The highest BCUT2D eigenvalue weighted by molar-refractivity contribution is 7.92. The summed E-state index contributed by atoms with van der Waals surface area (Å²) in [5.74, 6) is 0.852. The minimum Gasteiger partial charge on any atom is -0.353 e. The zero-order chi connectivity index (χ0) is 18.7. The number of aryl methyl sites for hydroxylation is 1. The maximum absolute atomic E-state index is 12.5. The van der Waals surface area contributed by atoms with E-state index in [0.29, 0.717) is 31.9 Å². The Balaban J connectivity index is 1.67. The van der Waals surface area contributed by atoms with Gasteiger partial charge in [-0.3, -0.25) is 9.52 Å². The summed E-state index contributed by atoms with van der Waals surface area (Å²) < 4.78 is 27.5. The van der Waals surface area contributed by atoms with Crippen LogP contribution in [0.5, 0.6) is 0 Å². The second kappa shape index (κ2) is 7.33. The Labute approximate surface area is 153 Å². The van der Waals surface area contributed by atoms with Crippen LogP contribution in [0.4, 0.5) is 11.5 Å². The number of nitrogens with zero attached hydrogens (tertiary/aromatic N) is 3. The summed E-state index contributed by atoms with van der Waals surface area (Å²) in [6, 6.07) is 10.2. The van der Waals surface area contributed by atoms with Gasteiger partial charge < -0.3 is 9.80 Å². The van der Waals surface area contributed by atoms with Crippen molar-refractivity contribution in [2.24, 2.45) is 0 Å². The van der Waals surface area contributed by atoms with Crippen LogP contribution in [0.25, 0.3) is 0 Å². The van der Waals surface area contributed by atoms with Crippen LogP contribution in [-0.2, 0) is 14.8 Å². The molecule has 0 radical (unpaired) electrons. The second-order valence-electron chi connectivity index (χ2n) is 6.32. The lowest BCUT2D eigenvalue weighted by atomic mass is 10.2. The molecular weight excluding hydrogens is 352 g/mol. The normalized spacial score (nSPS) is 15.0. The van der Waals surface area contributed by atoms with E-state index in [1.54, 1.807) is 42.2 Å². The van der Waals surface area contributed by atoms with Gasteiger partial charge in [-0.25, -0.2) is 13.4 Å². The Morgan fingerprint density at radius 2 is 1.85 bits per heavy atom. The fourth-order valence-corrected chi connectivity index (χ4v) is 4.03. The zero-order valence-electron chi connectivity index (χ0n) is 14.8. The van der Waals surface area contributed by atoms with Crippen LogP contribution in [0.1, 0.15) is 12.5 Å². The fourth-order valence-electron chi connectivity index (χ4n) is 2.88. The summed E-state index contributed by atoms with van der Waals surface area (Å²) in [5, 5.41) is 0. The molecule has 2 aromatic rings. The van der Waals surface area contributed by atoms with Gasteiger partial charge in [0.15, 0.2) is 0 Å². The van der Waals surface area contributed by atoms with Crippen LogP contribution in [0.3, 0.4) is 0 Å². The summed E-state index contributed by atoms with van der Waals surface area (Å²) in [5.41, 5.74) is 1.30. The van der Waals surface area contributed by atoms with Crippen molar-refractivity contribution in [2.45, 2.75) is 18.7 Å². The first kappa shape index (κ1) is 18.2. The lowest BCUT2D eigenvalue weighted by Gasteiger charge is -2.34. The van der Waals surface area contributed by atoms with E-state index in [2.05, 4.69) is 14.6 Å². The third-order valence-corrected chi connectivity index (χ3v) is 5.73. The minimum absolute atomic E-state index is 0.0820. The van der Waals surface area contributed by atoms with Gasteiger partial charge >= 0.3 is 0 Å². The summed E-state index contributed by atoms with van der Waals surface area (Å²) in [7, 11) is -3.64. The number of sulfonamides is 1. The molecule has 0 unspecified atom stereocenters. The number of carbonyl (C=O) groups excluding carboxylic acids is 1. The maximum Gasteiger partial charge on any atom is 0.261 e. The van der Waals surface area contributed by atoms with E-state index in [4.69, 9.17) is 0 Å². The zero-order valence-corrected chi connectivity index (χ0v) is 15.7. The molecule has 3 rings (SSSR count). The molecule has 1 aliphatic heterocycles. The minimum atomic E-state index is -3.64. The van der Waals surface area contributed by atoms with Crippen molar-refractivity contribution in [3.63, 3.8) is 0 Å². The molecule has 1 N–H and O–H groups in total. The first-order chi connectivity index (χ1) is 12.3. The average molecular weight is 374 g/mol. The van der Waals surface area contributed by atoms with Crippen LogP contribution < -0.4 is 9.62 Å². The number of piperazine rings is 1. The first-order valence-corrected chi connectivity index (χ1v) is 9.89. The van der Waals surface area contributed by atoms with Gasteiger partial charge in [-0.05, 0) is 36.8 Å². The van der Waals surface area contributed by atoms with Crippen molar-refractivity contribution in [3.8, 4) is 0 Å². The van der Waals surface area contributed by atoms with Crippen molar-refractivity contribution < 1.29 is 13.2 Å². The molecular formula is C18H22N4O3S. The van der Waals surface area contributed by atoms with Gasteiger partial charge in [-0.15, -0.1) is 0 Å². The molecule has 138 valence electrons. The van der Waals surface area contributed by atoms with Crippen molar-refractivity contribution >= 4 is 27.4 Å². The van der Waals surface area contributed by atoms with Gasteiger partial charge in [0.05, 0.1) is 16.8 Å². The summed E-state index contributed by atoms with van der Waals surface area (Å²) in [6.07, 6.45) is 1.51. The van der Waals surface area contributed by atoms with Crippen LogP contribution in [0, 0.1) is 6.92 Å². The number of hydrogen-bond acceptors (Lipinski definition) is 5. The van der Waals surface area contributed by atoms with Crippen LogP contribution in [0.15, 0.2) is 47.5 Å². The number of benzene rings is 1. The van der Waals surface area contributed by atoms with Crippen molar-refractivity contribution in [1.29, 1.82) is 0 Å². The maximum atomic E-state index is 12.5. The van der Waals surface area contributed by atoms with Gasteiger partial charge in [0, 0.05) is 33.1 Å². The summed E-state index contributed by atoms with van der Waals surface area (Å²) in [6.45, 7) is 6.17. The predicted molar refractivity (Wildman–Crippen MR) is 101 cm³/mol. The molecule has 0 bridgehead atoms. The third kappa shape index (κ3) is 4.13. The molecule has 1 saturated heterocycles. The molecule has 0 saturated carbocycles. The van der Waals surface area contributed by atoms with Gasteiger partial charge in [0.2, 0.25) is 5.91 Å². The molecule has 0 spiro atoms. The van der Waals surface area contributed by atoms with E-state index in [-0.39, 0.29) is 10.8 Å². The van der Waals surface area contributed by atoms with Crippen molar-refractivity contribution in [3.05, 3.63) is 48.2 Å². The smallest absolute Gasteiger partial charge is 0.261 e. The molecule has 0 atom stereocenters. The highest BCUT2D eigenvalue weighted by Gasteiger charge is 2.20. The van der Waals surface area contributed by atoms with Crippen LogP contribution in [0.2, 0.25) is 0 Å². The standard InChI is InChI=1S/C18H22N4O3S/c1-14-4-3-5-17(12-14)26(24,25)20-16-6-7-18(19-13-16)22-10-8-21(9-11-22)15(2)23/h3-7,12-13,20H,8-11H2,1-2H3. The molecule has 1 aromatic heterocycles. The van der Waals surface area contributed by atoms with E-state index in [9.17, 15) is 13.2 Å². The van der Waals surface area contributed by atoms with E-state index in [1.165, 1.54) is 6.20 Å². The molecule has 1 amide bonds. The van der Waals surface area contributed by atoms with Gasteiger partial charge in [-0.2, -0.15) is 0 Å². The summed E-state index contributed by atoms with van der Waals surface area (Å²) >= 11 is 0. The number of carbonyl (C=O) groups is 1. The highest BCUT2D eigenvalue weighted by atomic mass is 32.2. The monoisotopic (exact) mass is 374 g/mol. The average Bonchev–Trinajstić information content (AvgIpc) is 2.62. The van der Waals surface area contributed by atoms with E-state index >= 15 is 0 Å². The number of rotatable bonds is 4. The molecule has 8 heteroatoms. The van der Waals surface area contributed by atoms with Crippen LogP contribution in [-0.4, -0.2) is 50.4 Å². The Bertz CT molecular complexity index is 889. The van der Waals surface area contributed by atoms with Crippen LogP contribution >= 0.6 is 0 Å². The number of pyridine rings is 1. The van der Waals surface area contributed by atoms with E-state index in [0.717, 1.165) is 11.4 Å². The SMILES string of the molecule is CC(=O)N1CCN(c2ccc(NS(=O)(=O)c3cccc(C)c3)cn2)CC1.